The van der Waals surface area contributed by atoms with E-state index in [1.807, 2.05) is 35.4 Å². The molecule has 0 spiro atoms. The number of carbonyl (C=O) groups is 1. The molecule has 1 amide bonds. The lowest BCUT2D eigenvalue weighted by molar-refractivity contribution is -0.143. The van der Waals surface area contributed by atoms with E-state index in [0.717, 1.165) is 55.3 Å². The second-order valence-corrected chi connectivity index (χ2v) is 6.65. The average Bonchev–Trinajstić information content (AvgIpc) is 3.22. The molecule has 24 heavy (non-hydrogen) atoms. The Morgan fingerprint density at radius 2 is 1.96 bits per heavy atom. The van der Waals surface area contributed by atoms with E-state index in [-0.39, 0.29) is 5.91 Å². The summed E-state index contributed by atoms with van der Waals surface area (Å²) in [5, 5.41) is 4.55. The molecule has 0 bridgehead atoms. The molecule has 2 aromatic rings. The Hall–Kier alpha value is -2.15. The summed E-state index contributed by atoms with van der Waals surface area (Å²) in [4.78, 5) is 21.3. The zero-order valence-corrected chi connectivity index (χ0v) is 14.2. The SMILES string of the molecule is Cc1cc(N2CCOC(C(=O)N3CCCC3)C2)n2nc(C)cc2n1. The monoisotopic (exact) mass is 329 g/mol. The highest BCUT2D eigenvalue weighted by Crippen LogP contribution is 2.22. The molecule has 7 heteroatoms. The minimum Gasteiger partial charge on any atom is -0.365 e. The standard InChI is InChI=1S/C17H23N5O2/c1-12-10-16(22-15(18-12)9-13(2)19-22)21-7-8-24-14(11-21)17(23)20-5-3-4-6-20/h9-10,14H,3-8,11H2,1-2H3. The van der Waals surface area contributed by atoms with Crippen molar-refractivity contribution in [2.45, 2.75) is 32.8 Å². The van der Waals surface area contributed by atoms with E-state index in [9.17, 15) is 4.79 Å². The highest BCUT2D eigenvalue weighted by molar-refractivity contribution is 5.82. The maximum atomic E-state index is 12.7. The number of aryl methyl sites for hydroxylation is 2. The van der Waals surface area contributed by atoms with Crippen molar-refractivity contribution >= 4 is 17.4 Å². The Morgan fingerprint density at radius 3 is 2.75 bits per heavy atom. The van der Waals surface area contributed by atoms with Gasteiger partial charge in [0.1, 0.15) is 5.82 Å². The molecule has 0 aromatic carbocycles. The fourth-order valence-electron chi connectivity index (χ4n) is 3.57. The fourth-order valence-corrected chi connectivity index (χ4v) is 3.57. The van der Waals surface area contributed by atoms with Crippen molar-refractivity contribution in [3.8, 4) is 0 Å². The van der Waals surface area contributed by atoms with E-state index in [4.69, 9.17) is 4.74 Å². The number of anilines is 1. The van der Waals surface area contributed by atoms with Crippen LogP contribution in [0.4, 0.5) is 5.82 Å². The van der Waals surface area contributed by atoms with E-state index in [0.29, 0.717) is 13.2 Å². The molecule has 0 aliphatic carbocycles. The number of likely N-dealkylation sites (tertiary alicyclic amines) is 1. The smallest absolute Gasteiger partial charge is 0.253 e. The van der Waals surface area contributed by atoms with Gasteiger partial charge in [-0.15, -0.1) is 0 Å². The number of hydrogen-bond acceptors (Lipinski definition) is 5. The van der Waals surface area contributed by atoms with Crippen LogP contribution in [0.15, 0.2) is 12.1 Å². The second-order valence-electron chi connectivity index (χ2n) is 6.65. The Bertz CT molecular complexity index is 766. The van der Waals surface area contributed by atoms with Crippen molar-refractivity contribution in [1.29, 1.82) is 0 Å². The first-order valence-electron chi connectivity index (χ1n) is 8.61. The maximum absolute atomic E-state index is 12.7. The summed E-state index contributed by atoms with van der Waals surface area (Å²) in [7, 11) is 0. The molecule has 4 heterocycles. The largest absolute Gasteiger partial charge is 0.365 e. The maximum Gasteiger partial charge on any atom is 0.253 e. The van der Waals surface area contributed by atoms with Crippen LogP contribution >= 0.6 is 0 Å². The Kier molecular flexibility index (Phi) is 3.88. The molecule has 2 fully saturated rings. The average molecular weight is 329 g/mol. The first kappa shape index (κ1) is 15.4. The Labute approximate surface area is 141 Å². The number of amides is 1. The second kappa shape index (κ2) is 6.05. The molecule has 0 N–H and O–H groups in total. The third-order valence-corrected chi connectivity index (χ3v) is 4.74. The summed E-state index contributed by atoms with van der Waals surface area (Å²) < 4.78 is 7.64. The number of hydrogen-bond donors (Lipinski definition) is 0. The predicted octanol–water partition coefficient (Wildman–Crippen LogP) is 1.17. The highest BCUT2D eigenvalue weighted by atomic mass is 16.5. The van der Waals surface area contributed by atoms with Gasteiger partial charge < -0.3 is 14.5 Å². The number of carbonyl (C=O) groups excluding carboxylic acids is 1. The van der Waals surface area contributed by atoms with Crippen LogP contribution in [0, 0.1) is 13.8 Å². The van der Waals surface area contributed by atoms with Gasteiger partial charge in [-0.1, -0.05) is 0 Å². The van der Waals surface area contributed by atoms with Crippen molar-refractivity contribution in [3.63, 3.8) is 0 Å². The van der Waals surface area contributed by atoms with Gasteiger partial charge in [-0.25, -0.2) is 4.98 Å². The van der Waals surface area contributed by atoms with Gasteiger partial charge in [0, 0.05) is 37.5 Å². The van der Waals surface area contributed by atoms with Crippen molar-refractivity contribution in [3.05, 3.63) is 23.5 Å². The van der Waals surface area contributed by atoms with Crippen molar-refractivity contribution < 1.29 is 9.53 Å². The third kappa shape index (κ3) is 2.73. The van der Waals surface area contributed by atoms with E-state index < -0.39 is 6.10 Å². The van der Waals surface area contributed by atoms with E-state index >= 15 is 0 Å². The number of fused-ring (bicyclic) bond motifs is 1. The van der Waals surface area contributed by atoms with Crippen LogP contribution in [0.2, 0.25) is 0 Å². The van der Waals surface area contributed by atoms with Crippen LogP contribution in [-0.4, -0.2) is 64.3 Å². The van der Waals surface area contributed by atoms with E-state index in [1.165, 1.54) is 0 Å². The minimum atomic E-state index is -0.392. The lowest BCUT2D eigenvalue weighted by Gasteiger charge is -2.35. The third-order valence-electron chi connectivity index (χ3n) is 4.74. The highest BCUT2D eigenvalue weighted by Gasteiger charge is 2.32. The first-order chi connectivity index (χ1) is 11.6. The van der Waals surface area contributed by atoms with Crippen LogP contribution in [-0.2, 0) is 9.53 Å². The summed E-state index contributed by atoms with van der Waals surface area (Å²) in [5.74, 6) is 1.10. The molecule has 2 saturated heterocycles. The summed E-state index contributed by atoms with van der Waals surface area (Å²) >= 11 is 0. The van der Waals surface area contributed by atoms with Gasteiger partial charge in [0.15, 0.2) is 11.8 Å². The number of ether oxygens (including phenoxy) is 1. The van der Waals surface area contributed by atoms with E-state index in [2.05, 4.69) is 15.0 Å². The van der Waals surface area contributed by atoms with Crippen LogP contribution in [0.5, 0.6) is 0 Å². The Balaban J connectivity index is 1.61. The molecule has 0 saturated carbocycles. The summed E-state index contributed by atoms with van der Waals surface area (Å²) in [6.07, 6.45) is 1.80. The van der Waals surface area contributed by atoms with Gasteiger partial charge >= 0.3 is 0 Å². The quantitative estimate of drug-likeness (QED) is 0.828. The van der Waals surface area contributed by atoms with Crippen LogP contribution in [0.3, 0.4) is 0 Å². The molecule has 0 radical (unpaired) electrons. The van der Waals surface area contributed by atoms with Crippen molar-refractivity contribution in [2.75, 3.05) is 37.7 Å². The predicted molar refractivity (Wildman–Crippen MR) is 90.2 cm³/mol. The van der Waals surface area contributed by atoms with Gasteiger partial charge in [0.25, 0.3) is 5.91 Å². The molecule has 2 aliphatic rings. The topological polar surface area (TPSA) is 63.0 Å². The van der Waals surface area contributed by atoms with Gasteiger partial charge in [-0.05, 0) is 26.7 Å². The van der Waals surface area contributed by atoms with Gasteiger partial charge in [0.2, 0.25) is 0 Å². The van der Waals surface area contributed by atoms with Gasteiger partial charge in [0.05, 0.1) is 18.8 Å². The van der Waals surface area contributed by atoms with E-state index in [1.54, 1.807) is 0 Å². The zero-order chi connectivity index (χ0) is 16.7. The molecule has 7 nitrogen and oxygen atoms in total. The minimum absolute atomic E-state index is 0.121. The molecule has 1 atom stereocenters. The lowest BCUT2D eigenvalue weighted by Crippen LogP contribution is -2.51. The summed E-state index contributed by atoms with van der Waals surface area (Å²) in [6, 6.07) is 4.01. The fraction of sp³-hybridized carbons (Fsp3) is 0.588. The number of rotatable bonds is 2. The van der Waals surface area contributed by atoms with Crippen molar-refractivity contribution in [2.24, 2.45) is 0 Å². The molecular formula is C17H23N5O2. The number of aromatic nitrogens is 3. The molecule has 1 unspecified atom stereocenters. The lowest BCUT2D eigenvalue weighted by atomic mass is 10.2. The number of morpholine rings is 1. The normalized spacial score (nSPS) is 21.7. The van der Waals surface area contributed by atoms with Gasteiger partial charge in [-0.2, -0.15) is 9.61 Å². The number of nitrogens with zero attached hydrogens (tertiary/aromatic N) is 5. The van der Waals surface area contributed by atoms with Crippen LogP contribution < -0.4 is 4.90 Å². The Morgan fingerprint density at radius 1 is 1.17 bits per heavy atom. The summed E-state index contributed by atoms with van der Waals surface area (Å²) in [5.41, 5.74) is 2.73. The molecule has 2 aromatic heterocycles. The molecular weight excluding hydrogens is 306 g/mol. The van der Waals surface area contributed by atoms with Gasteiger partial charge in [-0.3, -0.25) is 4.79 Å². The molecule has 4 rings (SSSR count). The molecule has 128 valence electrons. The molecule has 2 aliphatic heterocycles. The first-order valence-corrected chi connectivity index (χ1v) is 8.61. The zero-order valence-electron chi connectivity index (χ0n) is 14.2. The summed E-state index contributed by atoms with van der Waals surface area (Å²) in [6.45, 7) is 7.53. The van der Waals surface area contributed by atoms with Crippen LogP contribution in [0.25, 0.3) is 5.65 Å². The van der Waals surface area contributed by atoms with Crippen molar-refractivity contribution in [1.82, 2.24) is 19.5 Å². The van der Waals surface area contributed by atoms with Crippen LogP contribution in [0.1, 0.15) is 24.2 Å².